The molecule has 0 fully saturated rings. The number of aliphatic hydroxyl groups is 1. The molecule has 10 N–H and O–H groups in total. The van der Waals surface area contributed by atoms with Gasteiger partial charge >= 0.3 is 18.0 Å². The second kappa shape index (κ2) is 9.18. The van der Waals surface area contributed by atoms with E-state index in [1.807, 2.05) is 0 Å². The van der Waals surface area contributed by atoms with Crippen LogP contribution in [0, 0.1) is 0 Å². The molecule has 16 heteroatoms. The molecule has 2 aromatic heterocycles. The number of anilines is 4. The van der Waals surface area contributed by atoms with Gasteiger partial charge in [0.2, 0.25) is 5.76 Å². The van der Waals surface area contributed by atoms with E-state index < -0.39 is 29.7 Å². The zero-order valence-electron chi connectivity index (χ0n) is 17.5. The standard InChI is InChI=1S/C18H19N11O5/c1-27(9-4-2-8(3-5-9)6-10(30)15(31)32)11-7-23-13-12(24-11)14(28(21)16(19)33)26-18(25-13)29(22)17(20)34/h2-7,30H,21-22H2,1H3,(H2,19,33)(H2,20,34)(H,31,32). The van der Waals surface area contributed by atoms with Gasteiger partial charge in [0.15, 0.2) is 22.8 Å². The number of carbonyl (C=O) groups excluding carboxylic acids is 2. The Morgan fingerprint density at radius 2 is 1.56 bits per heavy atom. The molecule has 0 saturated carbocycles. The Balaban J connectivity index is 2.05. The molecule has 0 saturated heterocycles. The summed E-state index contributed by atoms with van der Waals surface area (Å²) in [6.07, 6.45) is 2.44. The highest BCUT2D eigenvalue weighted by Gasteiger charge is 2.22. The monoisotopic (exact) mass is 469 g/mol. The Kier molecular flexibility index (Phi) is 6.37. The predicted octanol–water partition coefficient (Wildman–Crippen LogP) is -0.311. The third-order valence-corrected chi connectivity index (χ3v) is 4.43. The summed E-state index contributed by atoms with van der Waals surface area (Å²) >= 11 is 0. The van der Waals surface area contributed by atoms with Crippen LogP contribution in [-0.4, -0.2) is 55.2 Å². The van der Waals surface area contributed by atoms with Crippen LogP contribution in [0.1, 0.15) is 5.56 Å². The van der Waals surface area contributed by atoms with E-state index >= 15 is 0 Å². The average molecular weight is 469 g/mol. The highest BCUT2D eigenvalue weighted by atomic mass is 16.4. The first kappa shape index (κ1) is 23.6. The number of aliphatic carboxylic acids is 1. The third kappa shape index (κ3) is 4.71. The van der Waals surface area contributed by atoms with Crippen molar-refractivity contribution in [3.8, 4) is 0 Å². The van der Waals surface area contributed by atoms with Crippen LogP contribution in [0.2, 0.25) is 0 Å². The van der Waals surface area contributed by atoms with Gasteiger partial charge in [-0.2, -0.15) is 15.0 Å². The van der Waals surface area contributed by atoms with Gasteiger partial charge in [-0.15, -0.1) is 0 Å². The van der Waals surface area contributed by atoms with Crippen LogP contribution < -0.4 is 38.1 Å². The summed E-state index contributed by atoms with van der Waals surface area (Å²) in [5.41, 5.74) is 11.4. The van der Waals surface area contributed by atoms with Crippen molar-refractivity contribution in [2.24, 2.45) is 23.2 Å². The largest absolute Gasteiger partial charge is 0.502 e. The highest BCUT2D eigenvalue weighted by Crippen LogP contribution is 2.27. The van der Waals surface area contributed by atoms with Crippen molar-refractivity contribution >= 4 is 58.5 Å². The number of nitrogens with two attached hydrogens (primary N) is 4. The predicted molar refractivity (Wildman–Crippen MR) is 120 cm³/mol. The molecule has 0 spiro atoms. The maximum Gasteiger partial charge on any atom is 0.370 e. The van der Waals surface area contributed by atoms with E-state index in [0.29, 0.717) is 21.3 Å². The van der Waals surface area contributed by atoms with Crippen molar-refractivity contribution in [3.63, 3.8) is 0 Å². The number of rotatable bonds is 6. The minimum Gasteiger partial charge on any atom is -0.502 e. The number of benzene rings is 1. The number of hydrazine groups is 2. The van der Waals surface area contributed by atoms with Crippen molar-refractivity contribution in [1.29, 1.82) is 0 Å². The fourth-order valence-electron chi connectivity index (χ4n) is 2.66. The fourth-order valence-corrected chi connectivity index (χ4v) is 2.66. The first-order valence-electron chi connectivity index (χ1n) is 9.20. The van der Waals surface area contributed by atoms with Crippen molar-refractivity contribution in [3.05, 3.63) is 41.8 Å². The zero-order chi connectivity index (χ0) is 25.2. The molecule has 0 aliphatic heterocycles. The topological polar surface area (TPSA) is 257 Å². The maximum atomic E-state index is 11.7. The molecule has 0 unspecified atom stereocenters. The summed E-state index contributed by atoms with van der Waals surface area (Å²) in [6.45, 7) is 0. The van der Waals surface area contributed by atoms with Crippen LogP contribution in [0.25, 0.3) is 17.2 Å². The average Bonchev–Trinajstić information content (AvgIpc) is 2.81. The number of nitrogens with zero attached hydrogens (tertiary/aromatic N) is 7. The molecule has 4 amide bonds. The van der Waals surface area contributed by atoms with E-state index in [-0.39, 0.29) is 22.8 Å². The lowest BCUT2D eigenvalue weighted by atomic mass is 10.1. The van der Waals surface area contributed by atoms with Gasteiger partial charge < -0.3 is 26.6 Å². The Morgan fingerprint density at radius 1 is 0.941 bits per heavy atom. The number of hydrogen-bond donors (Lipinski definition) is 6. The molecule has 3 aromatic rings. The second-order valence-electron chi connectivity index (χ2n) is 6.65. The number of carbonyl (C=O) groups is 3. The number of amides is 4. The number of carboxylic acids is 1. The van der Waals surface area contributed by atoms with Crippen molar-refractivity contribution in [1.82, 2.24) is 19.9 Å². The molecule has 3 rings (SSSR count). The molecule has 1 aromatic carbocycles. The molecule has 0 bridgehead atoms. The van der Waals surface area contributed by atoms with Crippen LogP contribution >= 0.6 is 0 Å². The van der Waals surface area contributed by atoms with Crippen LogP contribution in [0.3, 0.4) is 0 Å². The van der Waals surface area contributed by atoms with E-state index in [4.69, 9.17) is 28.3 Å². The fraction of sp³-hybridized carbons (Fsp3) is 0.0556. The number of aromatic nitrogens is 4. The summed E-state index contributed by atoms with van der Waals surface area (Å²) in [4.78, 5) is 52.0. The summed E-state index contributed by atoms with van der Waals surface area (Å²) in [6, 6.07) is 4.29. The lowest BCUT2D eigenvalue weighted by Crippen LogP contribution is -2.45. The van der Waals surface area contributed by atoms with Crippen LogP contribution in [0.5, 0.6) is 0 Å². The molecule has 0 atom stereocenters. The molecule has 2 heterocycles. The number of urea groups is 2. The maximum absolute atomic E-state index is 11.7. The smallest absolute Gasteiger partial charge is 0.370 e. The SMILES string of the molecule is CN(c1ccc(C=C(O)C(=O)O)cc1)c1cnc2nc(N(N)C(N)=O)nc(N(N)C(N)=O)c2n1. The first-order valence-corrected chi connectivity index (χ1v) is 9.20. The van der Waals surface area contributed by atoms with Gasteiger partial charge in [0.1, 0.15) is 0 Å². The molecule has 16 nitrogen and oxygen atoms in total. The van der Waals surface area contributed by atoms with Crippen molar-refractivity contribution in [2.75, 3.05) is 22.0 Å². The van der Waals surface area contributed by atoms with E-state index in [2.05, 4.69) is 19.9 Å². The molecule has 34 heavy (non-hydrogen) atoms. The zero-order valence-corrected chi connectivity index (χ0v) is 17.5. The Hall–Kier alpha value is -5.09. The van der Waals surface area contributed by atoms with Crippen molar-refractivity contribution in [2.45, 2.75) is 0 Å². The molecule has 0 radical (unpaired) electrons. The molecule has 0 aliphatic carbocycles. The molecule has 0 aliphatic rings. The minimum absolute atomic E-state index is 0.0294. The molecular formula is C18H19N11O5. The number of carboxylic acid groups (broad SMARTS) is 1. The van der Waals surface area contributed by atoms with Gasteiger partial charge in [-0.05, 0) is 23.8 Å². The Bertz CT molecular complexity index is 1310. The molecular weight excluding hydrogens is 450 g/mol. The third-order valence-electron chi connectivity index (χ3n) is 4.43. The van der Waals surface area contributed by atoms with Gasteiger partial charge in [-0.1, -0.05) is 12.1 Å². The van der Waals surface area contributed by atoms with E-state index in [1.165, 1.54) is 6.20 Å². The van der Waals surface area contributed by atoms with Gasteiger partial charge in [-0.3, -0.25) is 0 Å². The second-order valence-corrected chi connectivity index (χ2v) is 6.65. The summed E-state index contributed by atoms with van der Waals surface area (Å²) in [7, 11) is 1.66. The summed E-state index contributed by atoms with van der Waals surface area (Å²) in [5.74, 6) is 8.59. The van der Waals surface area contributed by atoms with Crippen LogP contribution in [0.15, 0.2) is 36.2 Å². The summed E-state index contributed by atoms with van der Waals surface area (Å²) in [5, 5.41) is 19.0. The highest BCUT2D eigenvalue weighted by molar-refractivity contribution is 5.98. The normalized spacial score (nSPS) is 11.2. The first-order chi connectivity index (χ1) is 16.0. The number of aliphatic hydroxyl groups excluding tert-OH is 1. The van der Waals surface area contributed by atoms with E-state index in [1.54, 1.807) is 36.2 Å². The lowest BCUT2D eigenvalue weighted by molar-refractivity contribution is -0.135. The van der Waals surface area contributed by atoms with Gasteiger partial charge in [0, 0.05) is 12.7 Å². The quantitative estimate of drug-likeness (QED) is 0.0892. The van der Waals surface area contributed by atoms with Gasteiger partial charge in [0.25, 0.3) is 5.95 Å². The van der Waals surface area contributed by atoms with Gasteiger partial charge in [0.05, 0.1) is 6.20 Å². The van der Waals surface area contributed by atoms with Crippen LogP contribution in [0.4, 0.5) is 32.9 Å². The Labute approximate surface area is 190 Å². The van der Waals surface area contributed by atoms with Crippen LogP contribution in [-0.2, 0) is 4.79 Å². The lowest BCUT2D eigenvalue weighted by Gasteiger charge is -2.21. The van der Waals surface area contributed by atoms with Gasteiger partial charge in [-0.25, -0.2) is 41.0 Å². The Morgan fingerprint density at radius 3 is 2.12 bits per heavy atom. The minimum atomic E-state index is -1.45. The number of fused-ring (bicyclic) bond motifs is 1. The van der Waals surface area contributed by atoms with E-state index in [0.717, 1.165) is 6.08 Å². The van der Waals surface area contributed by atoms with Crippen molar-refractivity contribution < 1.29 is 24.6 Å². The number of hydrogen-bond acceptors (Lipinski definition) is 11. The van der Waals surface area contributed by atoms with E-state index in [9.17, 15) is 19.5 Å². The molecule has 176 valence electrons. The summed E-state index contributed by atoms with van der Waals surface area (Å²) < 4.78 is 0. The number of primary amides is 2.